The second-order valence-electron chi connectivity index (χ2n) is 6.69. The summed E-state index contributed by atoms with van der Waals surface area (Å²) in [4.78, 5) is 26.6. The van der Waals surface area contributed by atoms with Gasteiger partial charge in [-0.1, -0.05) is 23.7 Å². The minimum Gasteiger partial charge on any atom is -0.459 e. The van der Waals surface area contributed by atoms with E-state index in [-0.39, 0.29) is 17.9 Å². The van der Waals surface area contributed by atoms with Gasteiger partial charge in [0.15, 0.2) is 5.76 Å². The lowest BCUT2D eigenvalue weighted by atomic mass is 10.0. The van der Waals surface area contributed by atoms with E-state index in [4.69, 9.17) is 16.0 Å². The number of aromatic amines is 1. The van der Waals surface area contributed by atoms with E-state index in [2.05, 4.69) is 15.5 Å². The molecule has 0 saturated carbocycles. The Bertz CT molecular complexity index is 958. The van der Waals surface area contributed by atoms with Crippen molar-refractivity contribution >= 4 is 23.4 Å². The molecule has 2 N–H and O–H groups in total. The number of benzene rings is 1. The van der Waals surface area contributed by atoms with E-state index in [1.807, 2.05) is 12.1 Å². The zero-order valence-electron chi connectivity index (χ0n) is 15.0. The summed E-state index contributed by atoms with van der Waals surface area (Å²) in [6, 6.07) is 12.4. The molecule has 0 aliphatic carbocycles. The molecular formula is C20H19ClN4O3. The smallest absolute Gasteiger partial charge is 0.287 e. The predicted molar refractivity (Wildman–Crippen MR) is 104 cm³/mol. The number of likely N-dealkylation sites (tertiary alicyclic amines) is 1. The van der Waals surface area contributed by atoms with Gasteiger partial charge in [-0.15, -0.1) is 0 Å². The molecule has 144 valence electrons. The second-order valence-corrected chi connectivity index (χ2v) is 7.13. The van der Waals surface area contributed by atoms with Crippen molar-refractivity contribution in [1.29, 1.82) is 0 Å². The lowest BCUT2D eigenvalue weighted by Crippen LogP contribution is -2.46. The molecule has 0 unspecified atom stereocenters. The van der Waals surface area contributed by atoms with Crippen LogP contribution in [-0.2, 0) is 0 Å². The van der Waals surface area contributed by atoms with Crippen LogP contribution < -0.4 is 5.32 Å². The van der Waals surface area contributed by atoms with Crippen LogP contribution in [0.3, 0.4) is 0 Å². The molecule has 0 radical (unpaired) electrons. The van der Waals surface area contributed by atoms with Crippen LogP contribution in [0.1, 0.15) is 33.9 Å². The highest BCUT2D eigenvalue weighted by atomic mass is 35.5. The largest absolute Gasteiger partial charge is 0.459 e. The maximum Gasteiger partial charge on any atom is 0.287 e. The van der Waals surface area contributed by atoms with Gasteiger partial charge < -0.3 is 14.6 Å². The molecule has 1 aromatic carbocycles. The van der Waals surface area contributed by atoms with Gasteiger partial charge >= 0.3 is 0 Å². The third-order valence-electron chi connectivity index (χ3n) is 4.81. The molecule has 2 amide bonds. The number of piperidine rings is 1. The van der Waals surface area contributed by atoms with Crippen LogP contribution in [0, 0.1) is 0 Å². The molecule has 7 nitrogen and oxygen atoms in total. The molecule has 4 rings (SSSR count). The van der Waals surface area contributed by atoms with Crippen LogP contribution in [0.25, 0.3) is 11.3 Å². The fourth-order valence-electron chi connectivity index (χ4n) is 3.26. The van der Waals surface area contributed by atoms with Gasteiger partial charge in [-0.2, -0.15) is 5.10 Å². The molecule has 0 spiro atoms. The topological polar surface area (TPSA) is 91.2 Å². The molecule has 2 aromatic heterocycles. The van der Waals surface area contributed by atoms with Gasteiger partial charge in [0.05, 0.1) is 12.0 Å². The minimum absolute atomic E-state index is 0.0213. The number of amides is 2. The Morgan fingerprint density at radius 3 is 2.61 bits per heavy atom. The van der Waals surface area contributed by atoms with E-state index < -0.39 is 0 Å². The van der Waals surface area contributed by atoms with E-state index in [9.17, 15) is 9.59 Å². The molecular weight excluding hydrogens is 380 g/mol. The maximum absolute atomic E-state index is 12.7. The van der Waals surface area contributed by atoms with Crippen LogP contribution in [0.4, 0.5) is 0 Å². The standard InChI is InChI=1S/C20H19ClN4O3/c21-14-5-3-13(4-6-14)16-12-17(24-23-16)20(27)25-9-7-15(8-10-25)22-19(26)18-2-1-11-28-18/h1-6,11-12,15H,7-10H2,(H,22,26)(H,23,24). The zero-order valence-corrected chi connectivity index (χ0v) is 15.8. The fourth-order valence-corrected chi connectivity index (χ4v) is 3.39. The number of aromatic nitrogens is 2. The number of H-pyrrole nitrogens is 1. The predicted octanol–water partition coefficient (Wildman–Crippen LogP) is 3.36. The van der Waals surface area contributed by atoms with E-state index in [0.717, 1.165) is 5.56 Å². The Balaban J connectivity index is 1.34. The lowest BCUT2D eigenvalue weighted by molar-refractivity contribution is 0.0690. The fraction of sp³-hybridized carbons (Fsp3) is 0.250. The van der Waals surface area contributed by atoms with Crippen molar-refractivity contribution in [1.82, 2.24) is 20.4 Å². The van der Waals surface area contributed by atoms with Crippen LogP contribution in [0.2, 0.25) is 5.02 Å². The third kappa shape index (κ3) is 3.94. The summed E-state index contributed by atoms with van der Waals surface area (Å²) in [5, 5.41) is 10.7. The number of nitrogens with one attached hydrogen (secondary N) is 2. The van der Waals surface area contributed by atoms with Crippen molar-refractivity contribution in [2.24, 2.45) is 0 Å². The van der Waals surface area contributed by atoms with Gasteiger partial charge in [-0.05, 0) is 43.2 Å². The number of carbonyl (C=O) groups is 2. The SMILES string of the molecule is O=C(NC1CCN(C(=O)c2cc(-c3ccc(Cl)cc3)n[nH]2)CC1)c1ccco1. The molecule has 1 fully saturated rings. The van der Waals surface area contributed by atoms with Gasteiger partial charge in [-0.25, -0.2) is 0 Å². The minimum atomic E-state index is -0.226. The van der Waals surface area contributed by atoms with E-state index in [0.29, 0.717) is 48.1 Å². The van der Waals surface area contributed by atoms with Crippen LogP contribution in [0.15, 0.2) is 53.1 Å². The molecule has 3 heterocycles. The highest BCUT2D eigenvalue weighted by molar-refractivity contribution is 6.30. The van der Waals surface area contributed by atoms with Gasteiger partial charge in [0, 0.05) is 29.7 Å². The second kappa shape index (κ2) is 7.90. The van der Waals surface area contributed by atoms with Gasteiger partial charge in [0.25, 0.3) is 11.8 Å². The summed E-state index contributed by atoms with van der Waals surface area (Å²) in [5.41, 5.74) is 2.03. The van der Waals surface area contributed by atoms with Crippen molar-refractivity contribution in [3.63, 3.8) is 0 Å². The Kier molecular flexibility index (Phi) is 5.16. The van der Waals surface area contributed by atoms with E-state index >= 15 is 0 Å². The highest BCUT2D eigenvalue weighted by Gasteiger charge is 2.26. The van der Waals surface area contributed by atoms with E-state index in [1.165, 1.54) is 6.26 Å². The monoisotopic (exact) mass is 398 g/mol. The third-order valence-corrected chi connectivity index (χ3v) is 5.06. The van der Waals surface area contributed by atoms with Gasteiger partial charge in [-0.3, -0.25) is 14.7 Å². The molecule has 1 aliphatic heterocycles. The van der Waals surface area contributed by atoms with E-state index in [1.54, 1.807) is 35.2 Å². The number of carbonyl (C=O) groups excluding carboxylic acids is 2. The van der Waals surface area contributed by atoms with Crippen molar-refractivity contribution < 1.29 is 14.0 Å². The first-order valence-electron chi connectivity index (χ1n) is 9.05. The average Bonchev–Trinajstić information content (AvgIpc) is 3.41. The summed E-state index contributed by atoms with van der Waals surface area (Å²) in [7, 11) is 0. The normalized spacial score (nSPS) is 14.8. The Morgan fingerprint density at radius 2 is 1.93 bits per heavy atom. The molecule has 0 bridgehead atoms. The van der Waals surface area contributed by atoms with Gasteiger partial charge in [0.1, 0.15) is 5.69 Å². The quantitative estimate of drug-likeness (QED) is 0.705. The number of halogens is 1. The number of hydrogen-bond donors (Lipinski definition) is 2. The molecule has 0 atom stereocenters. The Hall–Kier alpha value is -3.06. The first-order chi connectivity index (χ1) is 13.6. The molecule has 8 heteroatoms. The van der Waals surface area contributed by atoms with Crippen LogP contribution in [0.5, 0.6) is 0 Å². The number of hydrogen-bond acceptors (Lipinski definition) is 4. The lowest BCUT2D eigenvalue weighted by Gasteiger charge is -2.31. The summed E-state index contributed by atoms with van der Waals surface area (Å²) in [6.45, 7) is 1.13. The van der Waals surface area contributed by atoms with Crippen molar-refractivity contribution in [3.8, 4) is 11.3 Å². The summed E-state index contributed by atoms with van der Waals surface area (Å²) < 4.78 is 5.10. The number of furan rings is 1. The summed E-state index contributed by atoms with van der Waals surface area (Å²) >= 11 is 5.91. The number of rotatable bonds is 4. The van der Waals surface area contributed by atoms with Crippen molar-refractivity contribution in [3.05, 3.63) is 65.2 Å². The van der Waals surface area contributed by atoms with Gasteiger partial charge in [0.2, 0.25) is 0 Å². The zero-order chi connectivity index (χ0) is 19.5. The van der Waals surface area contributed by atoms with Crippen molar-refractivity contribution in [2.45, 2.75) is 18.9 Å². The highest BCUT2D eigenvalue weighted by Crippen LogP contribution is 2.21. The van der Waals surface area contributed by atoms with Crippen LogP contribution in [-0.4, -0.2) is 46.0 Å². The summed E-state index contributed by atoms with van der Waals surface area (Å²) in [6.07, 6.45) is 2.85. The molecule has 3 aromatic rings. The molecule has 1 aliphatic rings. The number of nitrogens with zero attached hydrogens (tertiary/aromatic N) is 2. The molecule has 1 saturated heterocycles. The Labute approximate surface area is 166 Å². The van der Waals surface area contributed by atoms with Crippen molar-refractivity contribution in [2.75, 3.05) is 13.1 Å². The first-order valence-corrected chi connectivity index (χ1v) is 9.43. The van der Waals surface area contributed by atoms with Crippen LogP contribution >= 0.6 is 11.6 Å². The average molecular weight is 399 g/mol. The molecule has 28 heavy (non-hydrogen) atoms. The maximum atomic E-state index is 12.7. The first kappa shape index (κ1) is 18.3. The Morgan fingerprint density at radius 1 is 1.18 bits per heavy atom. The summed E-state index contributed by atoms with van der Waals surface area (Å²) in [5.74, 6) is -0.0230.